The van der Waals surface area contributed by atoms with E-state index in [0.29, 0.717) is 23.7 Å². The number of para-hydroxylation sites is 1. The van der Waals surface area contributed by atoms with Crippen molar-refractivity contribution in [2.75, 3.05) is 11.4 Å². The van der Waals surface area contributed by atoms with Gasteiger partial charge in [-0.25, -0.2) is 4.79 Å². The van der Waals surface area contributed by atoms with Gasteiger partial charge in [0.2, 0.25) is 0 Å². The Morgan fingerprint density at radius 2 is 1.38 bits per heavy atom. The van der Waals surface area contributed by atoms with E-state index in [1.807, 2.05) is 13.0 Å². The number of alkyl halides is 3. The topological polar surface area (TPSA) is 38.8 Å². The summed E-state index contributed by atoms with van der Waals surface area (Å²) < 4.78 is 48.8. The van der Waals surface area contributed by atoms with Crippen LogP contribution in [0.5, 0.6) is 17.2 Å². The minimum Gasteiger partial charge on any atom is -0.457 e. The summed E-state index contributed by atoms with van der Waals surface area (Å²) in [5.74, 6) is 1.15. The Labute approximate surface area is 166 Å². The van der Waals surface area contributed by atoms with E-state index >= 15 is 0 Å². The Hall–Kier alpha value is -3.48. The van der Waals surface area contributed by atoms with Crippen LogP contribution in [-0.4, -0.2) is 12.6 Å². The van der Waals surface area contributed by atoms with E-state index in [0.717, 1.165) is 12.1 Å². The molecule has 0 heterocycles. The summed E-state index contributed by atoms with van der Waals surface area (Å²) in [6.07, 6.45) is -4.91. The van der Waals surface area contributed by atoms with Gasteiger partial charge in [0.25, 0.3) is 0 Å². The lowest BCUT2D eigenvalue weighted by Crippen LogP contribution is -2.33. The summed E-state index contributed by atoms with van der Waals surface area (Å²) in [6.45, 7) is 2.21. The average Bonchev–Trinajstić information content (AvgIpc) is 2.70. The van der Waals surface area contributed by atoms with Crippen LogP contribution in [-0.2, 0) is 6.18 Å². The first kappa shape index (κ1) is 20.3. The van der Waals surface area contributed by atoms with Crippen LogP contribution in [0.15, 0.2) is 78.9 Å². The van der Waals surface area contributed by atoms with Gasteiger partial charge in [-0.2, -0.15) is 13.2 Å². The Balaban J connectivity index is 1.67. The molecule has 3 aromatic rings. The highest BCUT2D eigenvalue weighted by Gasteiger charge is 2.30. The number of benzene rings is 3. The lowest BCUT2D eigenvalue weighted by atomic mass is 10.2. The van der Waals surface area contributed by atoms with Crippen molar-refractivity contribution < 1.29 is 27.4 Å². The molecule has 0 aliphatic carbocycles. The second-order valence-electron chi connectivity index (χ2n) is 6.04. The normalized spacial score (nSPS) is 11.0. The number of anilines is 1. The highest BCUT2D eigenvalue weighted by Crippen LogP contribution is 2.31. The Morgan fingerprint density at radius 1 is 0.828 bits per heavy atom. The molecule has 0 spiro atoms. The molecule has 0 aromatic heterocycles. The maximum absolute atomic E-state index is 12.6. The molecule has 0 atom stereocenters. The molecule has 0 bridgehead atoms. The van der Waals surface area contributed by atoms with Gasteiger partial charge in [0, 0.05) is 12.2 Å². The molecule has 0 aliphatic rings. The van der Waals surface area contributed by atoms with Gasteiger partial charge in [0.1, 0.15) is 17.2 Å². The van der Waals surface area contributed by atoms with Gasteiger partial charge in [0.15, 0.2) is 0 Å². The predicted octanol–water partition coefficient (Wildman–Crippen LogP) is 6.52. The van der Waals surface area contributed by atoms with Gasteiger partial charge < -0.3 is 9.47 Å². The number of hydrogen-bond acceptors (Lipinski definition) is 3. The van der Waals surface area contributed by atoms with Gasteiger partial charge in [-0.15, -0.1) is 0 Å². The third-order valence-corrected chi connectivity index (χ3v) is 4.05. The Bertz CT molecular complexity index is 940. The molecule has 0 N–H and O–H groups in total. The van der Waals surface area contributed by atoms with E-state index in [-0.39, 0.29) is 5.75 Å². The summed E-state index contributed by atoms with van der Waals surface area (Å²) in [4.78, 5) is 13.9. The molecule has 1 amide bonds. The van der Waals surface area contributed by atoms with Crippen LogP contribution in [0, 0.1) is 0 Å². The minimum atomic E-state index is -4.39. The van der Waals surface area contributed by atoms with E-state index in [2.05, 4.69) is 0 Å². The van der Waals surface area contributed by atoms with Crippen molar-refractivity contribution in [2.45, 2.75) is 13.1 Å². The first-order chi connectivity index (χ1) is 13.9. The second kappa shape index (κ2) is 8.68. The van der Waals surface area contributed by atoms with Crippen molar-refractivity contribution in [3.8, 4) is 17.2 Å². The fraction of sp³-hybridized carbons (Fsp3) is 0.136. The van der Waals surface area contributed by atoms with Crippen molar-refractivity contribution >= 4 is 11.8 Å². The van der Waals surface area contributed by atoms with Crippen LogP contribution in [0.25, 0.3) is 0 Å². The zero-order valence-corrected chi connectivity index (χ0v) is 15.5. The number of ether oxygens (including phenoxy) is 2. The van der Waals surface area contributed by atoms with E-state index in [1.54, 1.807) is 48.5 Å². The van der Waals surface area contributed by atoms with Crippen molar-refractivity contribution in [2.24, 2.45) is 0 Å². The summed E-state index contributed by atoms with van der Waals surface area (Å²) in [5, 5.41) is 0. The van der Waals surface area contributed by atoms with Crippen LogP contribution in [0.2, 0.25) is 0 Å². The number of carbonyl (C=O) groups excluding carboxylic acids is 1. The van der Waals surface area contributed by atoms with Crippen LogP contribution >= 0.6 is 0 Å². The van der Waals surface area contributed by atoms with Gasteiger partial charge in [-0.3, -0.25) is 4.90 Å². The number of nitrogens with zero attached hydrogens (tertiary/aromatic N) is 1. The molecular weight excluding hydrogens is 383 g/mol. The maximum Gasteiger partial charge on any atom is 0.419 e. The number of halogens is 3. The first-order valence-corrected chi connectivity index (χ1v) is 8.86. The van der Waals surface area contributed by atoms with Gasteiger partial charge in [0.05, 0.1) is 5.56 Å². The molecule has 0 fully saturated rings. The smallest absolute Gasteiger partial charge is 0.419 e. The van der Waals surface area contributed by atoms with Gasteiger partial charge in [-0.05, 0) is 67.6 Å². The molecule has 0 radical (unpaired) electrons. The third-order valence-electron chi connectivity index (χ3n) is 4.05. The van der Waals surface area contributed by atoms with Crippen LogP contribution in [0.4, 0.5) is 23.7 Å². The monoisotopic (exact) mass is 401 g/mol. The minimum absolute atomic E-state index is 0.279. The van der Waals surface area contributed by atoms with Crippen molar-refractivity contribution in [1.82, 2.24) is 0 Å². The molecule has 7 heteroatoms. The molecule has 0 aliphatic heterocycles. The van der Waals surface area contributed by atoms with Crippen molar-refractivity contribution in [3.05, 3.63) is 84.4 Å². The lowest BCUT2D eigenvalue weighted by molar-refractivity contribution is -0.137. The quantitative estimate of drug-likeness (QED) is 0.488. The molecule has 150 valence electrons. The predicted molar refractivity (Wildman–Crippen MR) is 103 cm³/mol. The third kappa shape index (κ3) is 5.28. The zero-order chi connectivity index (χ0) is 20.9. The number of hydrogen-bond donors (Lipinski definition) is 0. The van der Waals surface area contributed by atoms with Crippen LogP contribution in [0.1, 0.15) is 12.5 Å². The highest BCUT2D eigenvalue weighted by molar-refractivity contribution is 5.89. The number of carbonyl (C=O) groups is 1. The molecule has 29 heavy (non-hydrogen) atoms. The van der Waals surface area contributed by atoms with Crippen LogP contribution in [0.3, 0.4) is 0 Å². The van der Waals surface area contributed by atoms with Gasteiger partial charge >= 0.3 is 12.3 Å². The first-order valence-electron chi connectivity index (χ1n) is 8.86. The van der Waals surface area contributed by atoms with E-state index < -0.39 is 17.8 Å². The largest absolute Gasteiger partial charge is 0.457 e. The standard InChI is InChI=1S/C22H18F3NO3/c1-2-26(21(27)29-18-6-4-3-5-7-18)17-10-14-20(15-11-17)28-19-12-8-16(9-13-19)22(23,24)25/h3-15H,2H2,1H3. The second-order valence-corrected chi connectivity index (χ2v) is 6.04. The summed E-state index contributed by atoms with van der Waals surface area (Å²) in [7, 11) is 0. The molecule has 4 nitrogen and oxygen atoms in total. The van der Waals surface area contributed by atoms with E-state index in [4.69, 9.17) is 9.47 Å². The molecule has 0 unspecified atom stereocenters. The maximum atomic E-state index is 12.6. The van der Waals surface area contributed by atoms with Crippen molar-refractivity contribution in [1.29, 1.82) is 0 Å². The Kier molecular flexibility index (Phi) is 6.07. The molecule has 0 saturated heterocycles. The Morgan fingerprint density at radius 3 is 1.90 bits per heavy atom. The fourth-order valence-electron chi connectivity index (χ4n) is 2.60. The van der Waals surface area contributed by atoms with E-state index in [1.165, 1.54) is 17.0 Å². The van der Waals surface area contributed by atoms with Crippen molar-refractivity contribution in [3.63, 3.8) is 0 Å². The fourth-order valence-corrected chi connectivity index (χ4v) is 2.60. The SMILES string of the molecule is CCN(C(=O)Oc1ccccc1)c1ccc(Oc2ccc(C(F)(F)F)cc2)cc1. The number of amides is 1. The molecule has 3 rings (SSSR count). The number of rotatable bonds is 5. The summed E-state index contributed by atoms with van der Waals surface area (Å²) >= 11 is 0. The summed E-state index contributed by atoms with van der Waals surface area (Å²) in [5.41, 5.74) is -0.135. The molecule has 0 saturated carbocycles. The highest BCUT2D eigenvalue weighted by atomic mass is 19.4. The van der Waals surface area contributed by atoms with Crippen LogP contribution < -0.4 is 14.4 Å². The summed E-state index contributed by atoms with van der Waals surface area (Å²) in [6, 6.07) is 19.8. The van der Waals surface area contributed by atoms with Gasteiger partial charge in [-0.1, -0.05) is 18.2 Å². The lowest BCUT2D eigenvalue weighted by Gasteiger charge is -2.20. The van der Waals surface area contributed by atoms with E-state index in [9.17, 15) is 18.0 Å². The zero-order valence-electron chi connectivity index (χ0n) is 15.5. The molecule has 3 aromatic carbocycles. The average molecular weight is 401 g/mol. The molecular formula is C22H18F3NO3.